The summed E-state index contributed by atoms with van der Waals surface area (Å²) in [5, 5.41) is 3.85. The quantitative estimate of drug-likeness (QED) is 0.658. The summed E-state index contributed by atoms with van der Waals surface area (Å²) < 4.78 is 5.72. The monoisotopic (exact) mass is 284 g/mol. The molecule has 0 bridgehead atoms. The molecule has 0 spiro atoms. The van der Waals surface area contributed by atoms with Crippen LogP contribution in [-0.2, 0) is 4.74 Å². The Balaban J connectivity index is 2.62. The molecule has 0 saturated carbocycles. The molecule has 120 valence electrons. The van der Waals surface area contributed by atoms with Crippen molar-refractivity contribution in [2.75, 3.05) is 32.8 Å². The van der Waals surface area contributed by atoms with Crippen LogP contribution in [0, 0.1) is 5.92 Å². The van der Waals surface area contributed by atoms with E-state index in [2.05, 4.69) is 44.8 Å². The second kappa shape index (κ2) is 9.01. The smallest absolute Gasteiger partial charge is 0.0593 e. The fourth-order valence-electron chi connectivity index (χ4n) is 3.24. The first-order valence-corrected chi connectivity index (χ1v) is 8.69. The highest BCUT2D eigenvalue weighted by Gasteiger charge is 2.37. The minimum absolute atomic E-state index is 0.314. The topological polar surface area (TPSA) is 24.5 Å². The third kappa shape index (κ3) is 4.71. The Kier molecular flexibility index (Phi) is 8.08. The number of ether oxygens (including phenoxy) is 1. The SMILES string of the molecule is CCCOCCN1CC(CC)(CC)NCC1C(C)CC. The fourth-order valence-corrected chi connectivity index (χ4v) is 3.24. The van der Waals surface area contributed by atoms with Gasteiger partial charge < -0.3 is 10.1 Å². The average molecular weight is 284 g/mol. The van der Waals surface area contributed by atoms with Crippen LogP contribution >= 0.6 is 0 Å². The van der Waals surface area contributed by atoms with E-state index in [0.29, 0.717) is 11.6 Å². The molecule has 1 saturated heterocycles. The molecule has 0 amide bonds. The van der Waals surface area contributed by atoms with Crippen molar-refractivity contribution in [1.29, 1.82) is 0 Å². The van der Waals surface area contributed by atoms with Gasteiger partial charge in [0.25, 0.3) is 0 Å². The number of piperazine rings is 1. The van der Waals surface area contributed by atoms with E-state index >= 15 is 0 Å². The van der Waals surface area contributed by atoms with Crippen LogP contribution < -0.4 is 5.32 Å². The first-order valence-electron chi connectivity index (χ1n) is 8.69. The molecule has 3 heteroatoms. The van der Waals surface area contributed by atoms with Gasteiger partial charge in [0, 0.05) is 37.8 Å². The van der Waals surface area contributed by atoms with Crippen LogP contribution in [0.25, 0.3) is 0 Å². The molecule has 1 heterocycles. The summed E-state index contributed by atoms with van der Waals surface area (Å²) in [5.41, 5.74) is 0.314. The summed E-state index contributed by atoms with van der Waals surface area (Å²) in [7, 11) is 0. The zero-order chi connectivity index (χ0) is 15.0. The fraction of sp³-hybridized carbons (Fsp3) is 1.00. The Labute approximate surface area is 126 Å². The maximum absolute atomic E-state index is 5.72. The van der Waals surface area contributed by atoms with Crippen molar-refractivity contribution in [1.82, 2.24) is 10.2 Å². The molecule has 1 aliphatic rings. The van der Waals surface area contributed by atoms with E-state index < -0.39 is 0 Å². The Morgan fingerprint density at radius 3 is 2.45 bits per heavy atom. The molecular weight excluding hydrogens is 248 g/mol. The number of nitrogens with one attached hydrogen (secondary N) is 1. The molecule has 2 unspecified atom stereocenters. The van der Waals surface area contributed by atoms with Crippen LogP contribution in [0.3, 0.4) is 0 Å². The molecule has 0 aliphatic carbocycles. The lowest BCUT2D eigenvalue weighted by molar-refractivity contribution is 0.0185. The molecule has 0 aromatic rings. The number of hydrogen-bond donors (Lipinski definition) is 1. The standard InChI is InChI=1S/C17H36N2O/c1-6-11-20-12-10-19-14-17(8-3,9-4)18-13-16(19)15(5)7-2/h15-16,18H,6-14H2,1-5H3. The van der Waals surface area contributed by atoms with E-state index in [9.17, 15) is 0 Å². The molecule has 1 rings (SSSR count). The zero-order valence-corrected chi connectivity index (χ0v) is 14.4. The lowest BCUT2D eigenvalue weighted by atomic mass is 9.85. The summed E-state index contributed by atoms with van der Waals surface area (Å²) in [6.45, 7) is 16.6. The van der Waals surface area contributed by atoms with Crippen molar-refractivity contribution in [2.24, 2.45) is 5.92 Å². The normalized spacial score (nSPS) is 24.8. The predicted molar refractivity (Wildman–Crippen MR) is 87.2 cm³/mol. The molecule has 2 atom stereocenters. The molecule has 1 fully saturated rings. The van der Waals surface area contributed by atoms with Crippen LogP contribution in [0.5, 0.6) is 0 Å². The molecule has 0 aromatic carbocycles. The van der Waals surface area contributed by atoms with Gasteiger partial charge in [-0.2, -0.15) is 0 Å². The van der Waals surface area contributed by atoms with Gasteiger partial charge in [0.05, 0.1) is 6.61 Å². The summed E-state index contributed by atoms with van der Waals surface area (Å²) in [6, 6.07) is 0.663. The van der Waals surface area contributed by atoms with Gasteiger partial charge in [-0.25, -0.2) is 0 Å². The van der Waals surface area contributed by atoms with E-state index in [0.717, 1.165) is 38.6 Å². The minimum Gasteiger partial charge on any atom is -0.380 e. The van der Waals surface area contributed by atoms with E-state index in [4.69, 9.17) is 4.74 Å². The summed E-state index contributed by atoms with van der Waals surface area (Å²) in [4.78, 5) is 2.69. The first-order chi connectivity index (χ1) is 9.62. The van der Waals surface area contributed by atoms with Crippen molar-refractivity contribution in [3.8, 4) is 0 Å². The molecule has 3 nitrogen and oxygen atoms in total. The number of nitrogens with zero attached hydrogens (tertiary/aromatic N) is 1. The van der Waals surface area contributed by atoms with Crippen molar-refractivity contribution in [3.63, 3.8) is 0 Å². The van der Waals surface area contributed by atoms with Gasteiger partial charge in [-0.05, 0) is 25.2 Å². The summed E-state index contributed by atoms with van der Waals surface area (Å²) in [5.74, 6) is 0.750. The highest BCUT2D eigenvalue weighted by Crippen LogP contribution is 2.26. The molecule has 1 aliphatic heterocycles. The Morgan fingerprint density at radius 2 is 1.90 bits per heavy atom. The lowest BCUT2D eigenvalue weighted by Crippen LogP contribution is -2.65. The van der Waals surface area contributed by atoms with E-state index in [-0.39, 0.29) is 0 Å². The maximum atomic E-state index is 5.72. The van der Waals surface area contributed by atoms with E-state index in [1.165, 1.54) is 25.8 Å². The third-order valence-electron chi connectivity index (χ3n) is 5.19. The van der Waals surface area contributed by atoms with Gasteiger partial charge in [-0.15, -0.1) is 0 Å². The third-order valence-corrected chi connectivity index (χ3v) is 5.19. The molecule has 0 radical (unpaired) electrons. The predicted octanol–water partition coefficient (Wildman–Crippen LogP) is 3.29. The highest BCUT2D eigenvalue weighted by atomic mass is 16.5. The van der Waals surface area contributed by atoms with Crippen molar-refractivity contribution in [2.45, 2.75) is 71.9 Å². The van der Waals surface area contributed by atoms with Crippen molar-refractivity contribution >= 4 is 0 Å². The van der Waals surface area contributed by atoms with Crippen LogP contribution in [0.2, 0.25) is 0 Å². The zero-order valence-electron chi connectivity index (χ0n) is 14.4. The van der Waals surface area contributed by atoms with Crippen LogP contribution in [0.4, 0.5) is 0 Å². The van der Waals surface area contributed by atoms with Gasteiger partial charge in [0.1, 0.15) is 0 Å². The maximum Gasteiger partial charge on any atom is 0.0593 e. The highest BCUT2D eigenvalue weighted by molar-refractivity contribution is 4.97. The van der Waals surface area contributed by atoms with Gasteiger partial charge in [-0.1, -0.05) is 41.0 Å². The van der Waals surface area contributed by atoms with Crippen molar-refractivity contribution < 1.29 is 4.74 Å². The molecule has 1 N–H and O–H groups in total. The van der Waals surface area contributed by atoms with Gasteiger partial charge in [0.15, 0.2) is 0 Å². The van der Waals surface area contributed by atoms with Crippen LogP contribution in [-0.4, -0.2) is 49.3 Å². The largest absolute Gasteiger partial charge is 0.380 e. The minimum atomic E-state index is 0.314. The summed E-state index contributed by atoms with van der Waals surface area (Å²) >= 11 is 0. The summed E-state index contributed by atoms with van der Waals surface area (Å²) in [6.07, 6.45) is 4.79. The Bertz CT molecular complexity index is 253. The first kappa shape index (κ1) is 17.9. The second-order valence-corrected chi connectivity index (χ2v) is 6.40. The Morgan fingerprint density at radius 1 is 1.20 bits per heavy atom. The van der Waals surface area contributed by atoms with E-state index in [1.54, 1.807) is 0 Å². The van der Waals surface area contributed by atoms with Crippen molar-refractivity contribution in [3.05, 3.63) is 0 Å². The Hall–Kier alpha value is -0.120. The molecule has 20 heavy (non-hydrogen) atoms. The number of rotatable bonds is 9. The van der Waals surface area contributed by atoms with Crippen LogP contribution in [0.1, 0.15) is 60.3 Å². The van der Waals surface area contributed by atoms with Gasteiger partial charge in [0.2, 0.25) is 0 Å². The average Bonchev–Trinajstić information content (AvgIpc) is 2.50. The van der Waals surface area contributed by atoms with Gasteiger partial charge >= 0.3 is 0 Å². The molecule has 0 aromatic heterocycles. The van der Waals surface area contributed by atoms with E-state index in [1.807, 2.05) is 0 Å². The lowest BCUT2D eigenvalue weighted by Gasteiger charge is -2.49. The van der Waals surface area contributed by atoms with Gasteiger partial charge in [-0.3, -0.25) is 4.90 Å². The molecular formula is C17H36N2O. The number of hydrogen-bond acceptors (Lipinski definition) is 3. The second-order valence-electron chi connectivity index (χ2n) is 6.40. The van der Waals surface area contributed by atoms with Crippen LogP contribution in [0.15, 0.2) is 0 Å².